The molecule has 0 aliphatic heterocycles. The van der Waals surface area contributed by atoms with Gasteiger partial charge < -0.3 is 15.4 Å². The molecule has 2 N–H and O–H groups in total. The van der Waals surface area contributed by atoms with Crippen LogP contribution in [0.25, 0.3) is 0 Å². The zero-order valence-electron chi connectivity index (χ0n) is 16.3. The van der Waals surface area contributed by atoms with Crippen molar-refractivity contribution in [3.63, 3.8) is 0 Å². The summed E-state index contributed by atoms with van der Waals surface area (Å²) in [4.78, 5) is 35.1. The second-order valence-electron chi connectivity index (χ2n) is 7.93. The third kappa shape index (κ3) is 4.99. The Morgan fingerprint density at radius 1 is 1.21 bits per heavy atom. The fourth-order valence-corrected chi connectivity index (χ4v) is 3.63. The van der Waals surface area contributed by atoms with Crippen LogP contribution in [0.3, 0.4) is 0 Å². The lowest BCUT2D eigenvalue weighted by atomic mass is 9.78. The largest absolute Gasteiger partial charge is 0.452 e. The number of carbonyl (C=O) groups is 2. The van der Waals surface area contributed by atoms with Gasteiger partial charge in [-0.1, -0.05) is 26.7 Å². The SMILES string of the molecule is C[C@@H]1[C@H](C)CCC[C@@H]1NC(=O)COC(=O)c1ccc(NC2CC2)c([N+](=O)[O-])c1. The van der Waals surface area contributed by atoms with Crippen LogP contribution in [0.5, 0.6) is 0 Å². The summed E-state index contributed by atoms with van der Waals surface area (Å²) in [5.74, 6) is -0.172. The first-order chi connectivity index (χ1) is 13.3. The van der Waals surface area contributed by atoms with Crippen LogP contribution in [-0.2, 0) is 9.53 Å². The van der Waals surface area contributed by atoms with Gasteiger partial charge >= 0.3 is 5.97 Å². The van der Waals surface area contributed by atoms with Crippen LogP contribution >= 0.6 is 0 Å². The molecule has 1 aromatic carbocycles. The van der Waals surface area contributed by atoms with Crippen molar-refractivity contribution in [2.45, 2.75) is 58.0 Å². The lowest BCUT2D eigenvalue weighted by Crippen LogP contribution is -2.45. The van der Waals surface area contributed by atoms with Crippen molar-refractivity contribution in [2.75, 3.05) is 11.9 Å². The molecule has 0 spiro atoms. The number of benzene rings is 1. The fraction of sp³-hybridized carbons (Fsp3) is 0.600. The monoisotopic (exact) mass is 389 g/mol. The number of rotatable bonds is 7. The number of amides is 1. The number of esters is 1. The van der Waals surface area contributed by atoms with E-state index in [-0.39, 0.29) is 29.2 Å². The van der Waals surface area contributed by atoms with E-state index in [2.05, 4.69) is 24.5 Å². The molecular formula is C20H27N3O5. The Bertz CT molecular complexity index is 762. The Labute approximate surface area is 164 Å². The normalized spacial score (nSPS) is 24.3. The van der Waals surface area contributed by atoms with Crippen LogP contribution in [0.15, 0.2) is 18.2 Å². The summed E-state index contributed by atoms with van der Waals surface area (Å²) in [6.07, 6.45) is 5.11. The maximum atomic E-state index is 12.2. The van der Waals surface area contributed by atoms with E-state index >= 15 is 0 Å². The zero-order chi connectivity index (χ0) is 20.3. The fourth-order valence-electron chi connectivity index (χ4n) is 3.63. The van der Waals surface area contributed by atoms with Gasteiger partial charge in [-0.25, -0.2) is 4.79 Å². The minimum absolute atomic E-state index is 0.0560. The Morgan fingerprint density at radius 3 is 2.64 bits per heavy atom. The van der Waals surface area contributed by atoms with Crippen molar-refractivity contribution in [3.8, 4) is 0 Å². The van der Waals surface area contributed by atoms with Gasteiger partial charge in [-0.05, 0) is 43.2 Å². The molecule has 1 amide bonds. The first-order valence-corrected chi connectivity index (χ1v) is 9.86. The standard InChI is InChI=1S/C20H27N3O5/c1-12-4-3-5-16(13(12)2)22-19(24)11-28-20(25)14-6-9-17(21-15-7-8-15)18(10-14)23(26)27/h6,9-10,12-13,15-16,21H,3-5,7-8,11H2,1-2H3,(H,22,24)/t12-,13-,16+/m1/s1. The molecule has 8 heteroatoms. The summed E-state index contributed by atoms with van der Waals surface area (Å²) in [6.45, 7) is 3.90. The van der Waals surface area contributed by atoms with E-state index in [1.165, 1.54) is 18.2 Å². The van der Waals surface area contributed by atoms with Gasteiger partial charge in [0, 0.05) is 18.2 Å². The van der Waals surface area contributed by atoms with E-state index in [1.807, 2.05) is 0 Å². The van der Waals surface area contributed by atoms with E-state index in [0.717, 1.165) is 32.1 Å². The summed E-state index contributed by atoms with van der Waals surface area (Å²) in [5, 5.41) is 17.3. The van der Waals surface area contributed by atoms with Crippen molar-refractivity contribution in [2.24, 2.45) is 11.8 Å². The first kappa shape index (κ1) is 20.1. The van der Waals surface area contributed by atoms with Gasteiger partial charge in [-0.15, -0.1) is 0 Å². The van der Waals surface area contributed by atoms with Crippen molar-refractivity contribution in [1.29, 1.82) is 0 Å². The average Bonchev–Trinajstić information content (AvgIpc) is 3.47. The van der Waals surface area contributed by atoms with Crippen molar-refractivity contribution < 1.29 is 19.2 Å². The van der Waals surface area contributed by atoms with Crippen LogP contribution < -0.4 is 10.6 Å². The van der Waals surface area contributed by atoms with E-state index in [9.17, 15) is 19.7 Å². The number of hydrogen-bond donors (Lipinski definition) is 2. The number of anilines is 1. The Balaban J connectivity index is 1.56. The molecule has 2 saturated carbocycles. The molecule has 2 aliphatic carbocycles. The molecule has 152 valence electrons. The first-order valence-electron chi connectivity index (χ1n) is 9.86. The summed E-state index contributed by atoms with van der Waals surface area (Å²) < 4.78 is 5.07. The average molecular weight is 389 g/mol. The van der Waals surface area contributed by atoms with Gasteiger partial charge in [0.25, 0.3) is 11.6 Å². The van der Waals surface area contributed by atoms with E-state index in [4.69, 9.17) is 4.74 Å². The second kappa shape index (κ2) is 8.58. The van der Waals surface area contributed by atoms with Gasteiger partial charge in [-0.2, -0.15) is 0 Å². The van der Waals surface area contributed by atoms with Gasteiger partial charge in [-0.3, -0.25) is 14.9 Å². The third-order valence-corrected chi connectivity index (χ3v) is 5.75. The van der Waals surface area contributed by atoms with Crippen LogP contribution in [0.1, 0.15) is 56.3 Å². The Hall–Kier alpha value is -2.64. The smallest absolute Gasteiger partial charge is 0.338 e. The maximum absolute atomic E-state index is 12.2. The van der Waals surface area contributed by atoms with Crippen molar-refractivity contribution >= 4 is 23.3 Å². The number of nitrogens with zero attached hydrogens (tertiary/aromatic N) is 1. The molecule has 28 heavy (non-hydrogen) atoms. The third-order valence-electron chi connectivity index (χ3n) is 5.75. The predicted octanol–water partition coefficient (Wildman–Crippen LogP) is 3.27. The molecule has 8 nitrogen and oxygen atoms in total. The molecule has 0 aromatic heterocycles. The lowest BCUT2D eigenvalue weighted by molar-refractivity contribution is -0.384. The lowest BCUT2D eigenvalue weighted by Gasteiger charge is -2.34. The Morgan fingerprint density at radius 2 is 1.96 bits per heavy atom. The van der Waals surface area contributed by atoms with Gasteiger partial charge in [0.05, 0.1) is 10.5 Å². The summed E-state index contributed by atoms with van der Waals surface area (Å²) in [7, 11) is 0. The molecule has 0 bridgehead atoms. The number of nitrogens with one attached hydrogen (secondary N) is 2. The van der Waals surface area contributed by atoms with Crippen LogP contribution in [-0.4, -0.2) is 35.5 Å². The molecule has 0 unspecified atom stereocenters. The molecule has 0 radical (unpaired) electrons. The number of ether oxygens (including phenoxy) is 1. The van der Waals surface area contributed by atoms with Crippen molar-refractivity contribution in [3.05, 3.63) is 33.9 Å². The molecule has 2 aliphatic rings. The highest BCUT2D eigenvalue weighted by Gasteiger charge is 2.29. The molecule has 0 saturated heterocycles. The number of hydrogen-bond acceptors (Lipinski definition) is 6. The highest BCUT2D eigenvalue weighted by Crippen LogP contribution is 2.32. The zero-order valence-corrected chi connectivity index (χ0v) is 16.3. The Kier molecular flexibility index (Phi) is 6.16. The second-order valence-corrected chi connectivity index (χ2v) is 7.93. The minimum Gasteiger partial charge on any atom is -0.452 e. The number of nitro benzene ring substituents is 1. The number of nitro groups is 1. The van der Waals surface area contributed by atoms with Gasteiger partial charge in [0.1, 0.15) is 5.69 Å². The molecule has 3 rings (SSSR count). The quantitative estimate of drug-likeness (QED) is 0.421. The van der Waals surface area contributed by atoms with Crippen molar-refractivity contribution in [1.82, 2.24) is 5.32 Å². The van der Waals surface area contributed by atoms with E-state index in [1.54, 1.807) is 0 Å². The van der Waals surface area contributed by atoms with Gasteiger partial charge in [0.2, 0.25) is 0 Å². The molecule has 3 atom stereocenters. The summed E-state index contributed by atoms with van der Waals surface area (Å²) in [5.41, 5.74) is 0.276. The highest BCUT2D eigenvalue weighted by molar-refractivity contribution is 5.93. The topological polar surface area (TPSA) is 111 Å². The maximum Gasteiger partial charge on any atom is 0.338 e. The molecular weight excluding hydrogens is 362 g/mol. The summed E-state index contributed by atoms with van der Waals surface area (Å²) >= 11 is 0. The van der Waals surface area contributed by atoms with Gasteiger partial charge in [0.15, 0.2) is 6.61 Å². The van der Waals surface area contributed by atoms with E-state index in [0.29, 0.717) is 17.5 Å². The molecule has 0 heterocycles. The summed E-state index contributed by atoms with van der Waals surface area (Å²) in [6, 6.07) is 4.52. The highest BCUT2D eigenvalue weighted by atomic mass is 16.6. The number of carbonyl (C=O) groups excluding carboxylic acids is 2. The van der Waals surface area contributed by atoms with Crippen LogP contribution in [0.4, 0.5) is 11.4 Å². The minimum atomic E-state index is -0.749. The van der Waals surface area contributed by atoms with Crippen LogP contribution in [0.2, 0.25) is 0 Å². The van der Waals surface area contributed by atoms with Crippen LogP contribution in [0, 0.1) is 22.0 Å². The predicted molar refractivity (Wildman–Crippen MR) is 104 cm³/mol. The molecule has 2 fully saturated rings. The molecule has 1 aromatic rings. The van der Waals surface area contributed by atoms with E-state index < -0.39 is 17.5 Å².